The van der Waals surface area contributed by atoms with Crippen LogP contribution in [0, 0.1) is 5.82 Å². The highest BCUT2D eigenvalue weighted by atomic mass is 32.1. The van der Waals surface area contributed by atoms with Gasteiger partial charge in [0, 0.05) is 0 Å². The Balaban J connectivity index is 1.97. The summed E-state index contributed by atoms with van der Waals surface area (Å²) in [6, 6.07) is 16.4. The number of nitrogens with zero attached hydrogens (tertiary/aromatic N) is 2. The van der Waals surface area contributed by atoms with Crippen LogP contribution in [-0.2, 0) is 0 Å². The predicted molar refractivity (Wildman–Crippen MR) is 78.2 cm³/mol. The molecule has 3 aromatic rings. The molecule has 2 aromatic carbocycles. The van der Waals surface area contributed by atoms with Crippen molar-refractivity contribution in [1.29, 1.82) is 0 Å². The maximum Gasteiger partial charge on any atom is 0.206 e. The van der Waals surface area contributed by atoms with E-state index in [4.69, 9.17) is 0 Å². The Labute approximate surface area is 120 Å². The third kappa shape index (κ3) is 2.83. The quantitative estimate of drug-likeness (QED) is 0.790. The molecule has 1 heterocycles. The van der Waals surface area contributed by atoms with Crippen LogP contribution in [0.2, 0.25) is 0 Å². The van der Waals surface area contributed by atoms with Crippen LogP contribution in [0.1, 0.15) is 17.2 Å². The Morgan fingerprint density at radius 2 is 1.65 bits per heavy atom. The number of nitrogens with one attached hydrogen (secondary N) is 1. The summed E-state index contributed by atoms with van der Waals surface area (Å²) in [5, 5.41) is 11.9. The first-order valence-corrected chi connectivity index (χ1v) is 7.04. The minimum Gasteiger partial charge on any atom is -0.349 e. The molecule has 0 saturated carbocycles. The molecule has 0 aliphatic carbocycles. The molecule has 0 spiro atoms. The Hall–Kier alpha value is -2.27. The summed E-state index contributed by atoms with van der Waals surface area (Å²) in [5.74, 6) is -0.239. The van der Waals surface area contributed by atoms with Gasteiger partial charge >= 0.3 is 0 Å². The predicted octanol–water partition coefficient (Wildman–Crippen LogP) is 3.88. The van der Waals surface area contributed by atoms with Gasteiger partial charge in [-0.3, -0.25) is 0 Å². The Bertz CT molecular complexity index is 653. The smallest absolute Gasteiger partial charge is 0.206 e. The minimum atomic E-state index is -0.239. The van der Waals surface area contributed by atoms with E-state index in [1.54, 1.807) is 17.6 Å². The molecule has 20 heavy (non-hydrogen) atoms. The molecule has 0 aliphatic heterocycles. The lowest BCUT2D eigenvalue weighted by Gasteiger charge is -2.19. The van der Waals surface area contributed by atoms with Crippen molar-refractivity contribution in [3.8, 4) is 0 Å². The van der Waals surface area contributed by atoms with Crippen molar-refractivity contribution in [3.63, 3.8) is 0 Å². The van der Waals surface area contributed by atoms with Crippen molar-refractivity contribution in [2.75, 3.05) is 5.32 Å². The maximum atomic E-state index is 13.1. The lowest BCUT2D eigenvalue weighted by molar-refractivity contribution is 0.626. The van der Waals surface area contributed by atoms with Crippen molar-refractivity contribution in [2.24, 2.45) is 0 Å². The lowest BCUT2D eigenvalue weighted by atomic mass is 9.99. The van der Waals surface area contributed by atoms with Crippen LogP contribution in [0.25, 0.3) is 0 Å². The van der Waals surface area contributed by atoms with Gasteiger partial charge in [0.25, 0.3) is 0 Å². The number of hydrogen-bond acceptors (Lipinski definition) is 4. The molecule has 0 radical (unpaired) electrons. The molecular formula is C15H12FN3S. The summed E-state index contributed by atoms with van der Waals surface area (Å²) >= 11 is 1.44. The molecule has 0 fully saturated rings. The van der Waals surface area contributed by atoms with Crippen LogP contribution < -0.4 is 5.32 Å². The fourth-order valence-electron chi connectivity index (χ4n) is 2.02. The number of halogens is 1. The van der Waals surface area contributed by atoms with Crippen LogP contribution in [-0.4, -0.2) is 10.2 Å². The summed E-state index contributed by atoms with van der Waals surface area (Å²) in [6.07, 6.45) is 0. The van der Waals surface area contributed by atoms with Crippen molar-refractivity contribution in [3.05, 3.63) is 77.1 Å². The first kappa shape index (κ1) is 12.7. The molecule has 1 unspecified atom stereocenters. The highest BCUT2D eigenvalue weighted by Gasteiger charge is 2.15. The van der Waals surface area contributed by atoms with Crippen LogP contribution in [0.5, 0.6) is 0 Å². The van der Waals surface area contributed by atoms with Crippen molar-refractivity contribution in [2.45, 2.75) is 6.04 Å². The van der Waals surface area contributed by atoms with Gasteiger partial charge in [-0.05, 0) is 23.3 Å². The van der Waals surface area contributed by atoms with Gasteiger partial charge in [-0.1, -0.05) is 53.8 Å². The van der Waals surface area contributed by atoms with E-state index in [2.05, 4.69) is 15.5 Å². The summed E-state index contributed by atoms with van der Waals surface area (Å²) in [4.78, 5) is 0. The zero-order valence-electron chi connectivity index (χ0n) is 10.5. The summed E-state index contributed by atoms with van der Waals surface area (Å²) < 4.78 is 13.1. The van der Waals surface area contributed by atoms with Gasteiger partial charge in [0.1, 0.15) is 11.3 Å². The standard InChI is InChI=1S/C15H12FN3S/c16-13-8-6-12(7-9-13)14(11-4-2-1-3-5-11)18-15-19-17-10-20-15/h1-10,14H,(H,18,19). The van der Waals surface area contributed by atoms with Crippen LogP contribution in [0.3, 0.4) is 0 Å². The molecule has 0 saturated heterocycles. The lowest BCUT2D eigenvalue weighted by Crippen LogP contribution is -2.12. The van der Waals surface area contributed by atoms with Crippen molar-refractivity contribution >= 4 is 16.5 Å². The number of rotatable bonds is 4. The third-order valence-corrected chi connectivity index (χ3v) is 3.59. The average molecular weight is 285 g/mol. The Morgan fingerprint density at radius 1 is 0.950 bits per heavy atom. The zero-order chi connectivity index (χ0) is 13.8. The van der Waals surface area contributed by atoms with Crippen molar-refractivity contribution < 1.29 is 4.39 Å². The first-order chi connectivity index (χ1) is 9.83. The molecule has 5 heteroatoms. The second-order valence-electron chi connectivity index (χ2n) is 4.28. The SMILES string of the molecule is Fc1ccc(C(Nc2nncs2)c2ccccc2)cc1. The van der Waals surface area contributed by atoms with E-state index in [0.717, 1.165) is 16.3 Å². The molecule has 100 valence electrons. The van der Waals surface area contributed by atoms with Gasteiger partial charge in [-0.2, -0.15) is 0 Å². The molecule has 3 rings (SSSR count). The maximum absolute atomic E-state index is 13.1. The highest BCUT2D eigenvalue weighted by molar-refractivity contribution is 7.13. The van der Waals surface area contributed by atoms with Crippen LogP contribution >= 0.6 is 11.3 Å². The van der Waals surface area contributed by atoms with Crippen molar-refractivity contribution in [1.82, 2.24) is 10.2 Å². The number of benzene rings is 2. The zero-order valence-corrected chi connectivity index (χ0v) is 11.3. The van der Waals surface area contributed by atoms with E-state index in [1.807, 2.05) is 30.3 Å². The molecule has 1 aromatic heterocycles. The molecule has 1 N–H and O–H groups in total. The average Bonchev–Trinajstić information content (AvgIpc) is 3.00. The normalized spacial score (nSPS) is 12.1. The summed E-state index contributed by atoms with van der Waals surface area (Å²) in [7, 11) is 0. The third-order valence-electron chi connectivity index (χ3n) is 2.96. The van der Waals surface area contributed by atoms with E-state index in [9.17, 15) is 4.39 Å². The van der Waals surface area contributed by atoms with E-state index in [-0.39, 0.29) is 11.9 Å². The Kier molecular flexibility index (Phi) is 3.69. The van der Waals surface area contributed by atoms with Gasteiger partial charge < -0.3 is 5.32 Å². The fourth-order valence-corrected chi connectivity index (χ4v) is 2.49. The molecule has 1 atom stereocenters. The number of aromatic nitrogens is 2. The van der Waals surface area contributed by atoms with Gasteiger partial charge in [-0.25, -0.2) is 4.39 Å². The van der Waals surface area contributed by atoms with Gasteiger partial charge in [0.05, 0.1) is 6.04 Å². The largest absolute Gasteiger partial charge is 0.349 e. The second-order valence-corrected chi connectivity index (χ2v) is 5.12. The minimum absolute atomic E-state index is 0.0789. The molecule has 0 bridgehead atoms. The van der Waals surface area contributed by atoms with Crippen LogP contribution in [0.15, 0.2) is 60.1 Å². The van der Waals surface area contributed by atoms with Gasteiger partial charge in [-0.15, -0.1) is 10.2 Å². The monoisotopic (exact) mass is 285 g/mol. The molecule has 0 amide bonds. The van der Waals surface area contributed by atoms with E-state index >= 15 is 0 Å². The summed E-state index contributed by atoms with van der Waals surface area (Å²) in [6.45, 7) is 0. The number of hydrogen-bond donors (Lipinski definition) is 1. The fraction of sp³-hybridized carbons (Fsp3) is 0.0667. The van der Waals surface area contributed by atoms with Gasteiger partial charge in [0.2, 0.25) is 5.13 Å². The van der Waals surface area contributed by atoms with E-state index in [1.165, 1.54) is 23.5 Å². The summed E-state index contributed by atoms with van der Waals surface area (Å²) in [5.41, 5.74) is 3.75. The molecule has 0 aliphatic rings. The molecule has 3 nitrogen and oxygen atoms in total. The highest BCUT2D eigenvalue weighted by Crippen LogP contribution is 2.27. The Morgan fingerprint density at radius 3 is 2.30 bits per heavy atom. The molecular weight excluding hydrogens is 273 g/mol. The number of anilines is 1. The van der Waals surface area contributed by atoms with E-state index < -0.39 is 0 Å². The first-order valence-electron chi connectivity index (χ1n) is 6.16. The van der Waals surface area contributed by atoms with Gasteiger partial charge in [0.15, 0.2) is 0 Å². The van der Waals surface area contributed by atoms with E-state index in [0.29, 0.717) is 0 Å². The second kappa shape index (κ2) is 5.79. The topological polar surface area (TPSA) is 37.8 Å². The van der Waals surface area contributed by atoms with Crippen LogP contribution in [0.4, 0.5) is 9.52 Å².